The zero-order valence-electron chi connectivity index (χ0n) is 18.7. The smallest absolute Gasteiger partial charge is 0.336 e. The maximum Gasteiger partial charge on any atom is 0.336 e. The summed E-state index contributed by atoms with van der Waals surface area (Å²) >= 11 is 0. The van der Waals surface area contributed by atoms with Gasteiger partial charge in [0.25, 0.3) is 12.9 Å². The van der Waals surface area contributed by atoms with Crippen molar-refractivity contribution in [1.29, 1.82) is 0 Å². The number of fused-ring (bicyclic) bond motifs is 4. The molecular formula is C25H24O8. The number of hydrogen-bond acceptors (Lipinski definition) is 6. The molecule has 2 N–H and O–H groups in total. The Bertz CT molecular complexity index is 1220. The van der Waals surface area contributed by atoms with Crippen LogP contribution in [0.2, 0.25) is 0 Å². The molecular weight excluding hydrogens is 428 g/mol. The minimum atomic E-state index is -1.31. The molecule has 0 amide bonds. The van der Waals surface area contributed by atoms with Crippen molar-refractivity contribution in [3.63, 3.8) is 0 Å². The SMILES string of the molecule is CC1(C)CC2(CC(C)(C)c3cc(C(=O)O)c(C(=O)O)cc32)c2cc(OC=O)c(OC=O)cc21. The number of hydrogen-bond donors (Lipinski definition) is 2. The molecule has 2 aromatic rings. The van der Waals surface area contributed by atoms with Gasteiger partial charge in [-0.25, -0.2) is 9.59 Å². The molecule has 0 radical (unpaired) electrons. The van der Waals surface area contributed by atoms with Crippen LogP contribution in [0.3, 0.4) is 0 Å². The summed E-state index contributed by atoms with van der Waals surface area (Å²) in [6.45, 7) is 8.60. The van der Waals surface area contributed by atoms with Crippen molar-refractivity contribution in [2.45, 2.75) is 56.8 Å². The Morgan fingerprint density at radius 2 is 1.09 bits per heavy atom. The highest BCUT2D eigenvalue weighted by Crippen LogP contribution is 2.64. The van der Waals surface area contributed by atoms with E-state index in [1.807, 2.05) is 27.7 Å². The lowest BCUT2D eigenvalue weighted by Crippen LogP contribution is -2.27. The molecule has 0 bridgehead atoms. The number of rotatable bonds is 6. The van der Waals surface area contributed by atoms with Gasteiger partial charge in [0.15, 0.2) is 11.5 Å². The molecule has 1 spiro atoms. The van der Waals surface area contributed by atoms with Crippen LogP contribution in [0.1, 0.15) is 83.5 Å². The molecule has 0 heterocycles. The lowest BCUT2D eigenvalue weighted by molar-refractivity contribution is -0.123. The number of benzene rings is 2. The van der Waals surface area contributed by atoms with E-state index in [0.29, 0.717) is 12.8 Å². The standard InChI is InChI=1S/C25H24O8/c1-23(2)9-25(17-6-14(22(30)31)13(21(28)29)5-15(17)23)10-24(3,4)16-7-19(32-11-26)20(33-12-27)8-18(16)25/h5-8,11-12H,9-10H2,1-4H3,(H,28,29)(H,30,31). The average molecular weight is 452 g/mol. The van der Waals surface area contributed by atoms with Crippen LogP contribution in [-0.2, 0) is 25.8 Å². The predicted molar refractivity (Wildman–Crippen MR) is 116 cm³/mol. The second-order valence-electron chi connectivity index (χ2n) is 10.0. The van der Waals surface area contributed by atoms with Gasteiger partial charge < -0.3 is 19.7 Å². The Hall–Kier alpha value is -3.68. The highest BCUT2D eigenvalue weighted by molar-refractivity contribution is 6.02. The molecule has 0 aromatic heterocycles. The lowest BCUT2D eigenvalue weighted by Gasteiger charge is -2.30. The Labute approximate surface area is 190 Å². The van der Waals surface area contributed by atoms with Gasteiger partial charge in [0.05, 0.1) is 11.1 Å². The van der Waals surface area contributed by atoms with Gasteiger partial charge in [-0.2, -0.15) is 0 Å². The van der Waals surface area contributed by atoms with Crippen molar-refractivity contribution in [2.75, 3.05) is 0 Å². The predicted octanol–water partition coefficient (Wildman–Crippen LogP) is 3.80. The maximum absolute atomic E-state index is 11.9. The Morgan fingerprint density at radius 1 is 0.727 bits per heavy atom. The lowest BCUT2D eigenvalue weighted by atomic mass is 9.72. The van der Waals surface area contributed by atoms with Crippen LogP contribution in [0.25, 0.3) is 0 Å². The van der Waals surface area contributed by atoms with Crippen LogP contribution in [0.15, 0.2) is 24.3 Å². The summed E-state index contributed by atoms with van der Waals surface area (Å²) in [5.41, 5.74) is 1.27. The van der Waals surface area contributed by atoms with E-state index in [0.717, 1.165) is 22.3 Å². The Balaban J connectivity index is 2.06. The Morgan fingerprint density at radius 3 is 1.52 bits per heavy atom. The van der Waals surface area contributed by atoms with Crippen molar-refractivity contribution < 1.29 is 38.9 Å². The van der Waals surface area contributed by atoms with Crippen molar-refractivity contribution in [1.82, 2.24) is 0 Å². The Kier molecular flexibility index (Phi) is 4.89. The zero-order chi connectivity index (χ0) is 24.3. The molecule has 33 heavy (non-hydrogen) atoms. The highest BCUT2D eigenvalue weighted by atomic mass is 16.6. The first-order chi connectivity index (χ1) is 15.4. The van der Waals surface area contributed by atoms with Gasteiger partial charge in [-0.05, 0) is 70.2 Å². The zero-order valence-corrected chi connectivity index (χ0v) is 18.7. The molecule has 1 atom stereocenters. The summed E-state index contributed by atoms with van der Waals surface area (Å²) in [6, 6.07) is 6.32. The first-order valence-corrected chi connectivity index (χ1v) is 10.4. The number of carboxylic acid groups (broad SMARTS) is 2. The van der Waals surface area contributed by atoms with Crippen LogP contribution < -0.4 is 9.47 Å². The quantitative estimate of drug-likeness (QED) is 0.634. The summed E-state index contributed by atoms with van der Waals surface area (Å²) in [5, 5.41) is 19.4. The number of carboxylic acids is 2. The van der Waals surface area contributed by atoms with E-state index in [1.165, 1.54) is 12.1 Å². The molecule has 2 aliphatic rings. The first kappa shape index (κ1) is 22.5. The van der Waals surface area contributed by atoms with Crippen LogP contribution in [0.5, 0.6) is 11.5 Å². The summed E-state index contributed by atoms with van der Waals surface area (Å²) in [5.74, 6) is -2.41. The van der Waals surface area contributed by atoms with Gasteiger partial charge in [-0.3, -0.25) is 9.59 Å². The maximum atomic E-state index is 11.9. The molecule has 0 fully saturated rings. The van der Waals surface area contributed by atoms with Gasteiger partial charge in [0, 0.05) is 5.41 Å². The number of carbonyl (C=O) groups is 4. The van der Waals surface area contributed by atoms with E-state index in [9.17, 15) is 29.4 Å². The molecule has 0 saturated heterocycles. The fraction of sp³-hybridized carbons (Fsp3) is 0.360. The topological polar surface area (TPSA) is 127 Å². The van der Waals surface area contributed by atoms with Crippen LogP contribution >= 0.6 is 0 Å². The number of ether oxygens (including phenoxy) is 2. The molecule has 0 saturated carbocycles. The third kappa shape index (κ3) is 3.20. The molecule has 0 aliphatic heterocycles. The third-order valence-corrected chi connectivity index (χ3v) is 7.03. The third-order valence-electron chi connectivity index (χ3n) is 7.03. The van der Waals surface area contributed by atoms with Crippen LogP contribution in [-0.4, -0.2) is 35.1 Å². The van der Waals surface area contributed by atoms with Crippen LogP contribution in [0, 0.1) is 0 Å². The van der Waals surface area contributed by atoms with Crippen molar-refractivity contribution in [3.8, 4) is 11.5 Å². The van der Waals surface area contributed by atoms with E-state index in [2.05, 4.69) is 0 Å². The summed E-state index contributed by atoms with van der Waals surface area (Å²) in [4.78, 5) is 45.9. The van der Waals surface area contributed by atoms with Crippen LogP contribution in [0.4, 0.5) is 0 Å². The van der Waals surface area contributed by atoms with Crippen molar-refractivity contribution in [3.05, 3.63) is 57.6 Å². The first-order valence-electron chi connectivity index (χ1n) is 10.4. The van der Waals surface area contributed by atoms with Gasteiger partial charge in [-0.15, -0.1) is 0 Å². The molecule has 8 nitrogen and oxygen atoms in total. The normalized spacial score (nSPS) is 21.2. The molecule has 172 valence electrons. The number of aromatic carboxylic acids is 2. The largest absolute Gasteiger partial charge is 0.478 e. The van der Waals surface area contributed by atoms with Gasteiger partial charge in [-0.1, -0.05) is 27.7 Å². The fourth-order valence-electron chi connectivity index (χ4n) is 6.00. The van der Waals surface area contributed by atoms with E-state index in [-0.39, 0.29) is 41.0 Å². The molecule has 4 rings (SSSR count). The monoisotopic (exact) mass is 452 g/mol. The minimum Gasteiger partial charge on any atom is -0.478 e. The summed E-state index contributed by atoms with van der Waals surface area (Å²) < 4.78 is 10.2. The van der Waals surface area contributed by atoms with Crippen molar-refractivity contribution in [2.24, 2.45) is 0 Å². The second kappa shape index (κ2) is 7.16. The van der Waals surface area contributed by atoms with Crippen molar-refractivity contribution >= 4 is 24.9 Å². The average Bonchev–Trinajstić information content (AvgIpc) is 3.07. The highest BCUT2D eigenvalue weighted by Gasteiger charge is 2.57. The number of carbonyl (C=O) groups excluding carboxylic acids is 2. The van der Waals surface area contributed by atoms with Gasteiger partial charge >= 0.3 is 11.9 Å². The minimum absolute atomic E-state index is 0.0831. The van der Waals surface area contributed by atoms with E-state index in [1.54, 1.807) is 12.1 Å². The molecule has 8 heteroatoms. The fourth-order valence-corrected chi connectivity index (χ4v) is 6.00. The van der Waals surface area contributed by atoms with Gasteiger partial charge in [0.1, 0.15) is 0 Å². The molecule has 1 unspecified atom stereocenters. The molecule has 2 aliphatic carbocycles. The summed E-state index contributed by atoms with van der Waals surface area (Å²) in [7, 11) is 0. The van der Waals surface area contributed by atoms with E-state index < -0.39 is 22.8 Å². The van der Waals surface area contributed by atoms with E-state index in [4.69, 9.17) is 9.47 Å². The van der Waals surface area contributed by atoms with Gasteiger partial charge in [0.2, 0.25) is 0 Å². The second-order valence-corrected chi connectivity index (χ2v) is 10.0. The van der Waals surface area contributed by atoms with E-state index >= 15 is 0 Å². The molecule has 2 aromatic carbocycles. The summed E-state index contributed by atoms with van der Waals surface area (Å²) in [6.07, 6.45) is 1.21.